The molecule has 3 aromatic rings. The van der Waals surface area contributed by atoms with Gasteiger partial charge in [-0.1, -0.05) is 11.6 Å². The molecule has 0 spiro atoms. The predicted octanol–water partition coefficient (Wildman–Crippen LogP) is 4.27. The van der Waals surface area contributed by atoms with Gasteiger partial charge in [-0.2, -0.15) is 0 Å². The standard InChI is InChI=1S/C16H13ClN2O3S2/c1-22-13-6-2-11(3-7-13)15-10-23-16(18-15)19-24(20,21)14-8-4-12(17)5-9-14/h2-10H,1H3,(H,18,19). The van der Waals surface area contributed by atoms with E-state index in [1.807, 2.05) is 24.3 Å². The molecule has 3 rings (SSSR count). The largest absolute Gasteiger partial charge is 0.497 e. The molecule has 0 aliphatic heterocycles. The van der Waals surface area contributed by atoms with Gasteiger partial charge < -0.3 is 4.74 Å². The number of hydrogen-bond donors (Lipinski definition) is 1. The lowest BCUT2D eigenvalue weighted by Gasteiger charge is -2.05. The third kappa shape index (κ3) is 3.69. The second-order valence-corrected chi connectivity index (χ2v) is 7.80. The van der Waals surface area contributed by atoms with Gasteiger partial charge in [0.2, 0.25) is 0 Å². The Kier molecular flexibility index (Phi) is 4.75. The van der Waals surface area contributed by atoms with Crippen molar-refractivity contribution in [2.45, 2.75) is 4.90 Å². The minimum Gasteiger partial charge on any atom is -0.497 e. The van der Waals surface area contributed by atoms with Crippen LogP contribution in [0.25, 0.3) is 11.3 Å². The third-order valence-electron chi connectivity index (χ3n) is 3.24. The van der Waals surface area contributed by atoms with E-state index < -0.39 is 10.0 Å². The Morgan fingerprint density at radius 1 is 1.08 bits per heavy atom. The first kappa shape index (κ1) is 16.8. The van der Waals surface area contributed by atoms with Crippen LogP contribution in [-0.2, 0) is 10.0 Å². The number of hydrogen-bond acceptors (Lipinski definition) is 5. The summed E-state index contributed by atoms with van der Waals surface area (Å²) in [4.78, 5) is 4.46. The van der Waals surface area contributed by atoms with Gasteiger partial charge in [0, 0.05) is 16.0 Å². The van der Waals surface area contributed by atoms with Gasteiger partial charge in [0.1, 0.15) is 5.75 Å². The molecule has 0 bridgehead atoms. The molecule has 0 unspecified atom stereocenters. The molecule has 124 valence electrons. The van der Waals surface area contributed by atoms with Gasteiger partial charge in [-0.25, -0.2) is 13.4 Å². The highest BCUT2D eigenvalue weighted by molar-refractivity contribution is 7.93. The smallest absolute Gasteiger partial charge is 0.263 e. The van der Waals surface area contributed by atoms with Gasteiger partial charge in [-0.3, -0.25) is 4.72 Å². The van der Waals surface area contributed by atoms with Crippen molar-refractivity contribution in [3.8, 4) is 17.0 Å². The molecule has 0 amide bonds. The number of sulfonamides is 1. The molecule has 5 nitrogen and oxygen atoms in total. The Bertz CT molecular complexity index is 936. The van der Waals surface area contributed by atoms with Crippen LogP contribution in [-0.4, -0.2) is 20.5 Å². The summed E-state index contributed by atoms with van der Waals surface area (Å²) in [6.07, 6.45) is 0. The summed E-state index contributed by atoms with van der Waals surface area (Å²) in [6, 6.07) is 13.3. The summed E-state index contributed by atoms with van der Waals surface area (Å²) in [5.74, 6) is 0.748. The molecule has 8 heteroatoms. The molecule has 1 aromatic heterocycles. The lowest BCUT2D eigenvalue weighted by molar-refractivity contribution is 0.415. The summed E-state index contributed by atoms with van der Waals surface area (Å²) < 4.78 is 32.3. The summed E-state index contributed by atoms with van der Waals surface area (Å²) in [5, 5.41) is 2.57. The van der Waals surface area contributed by atoms with E-state index in [9.17, 15) is 8.42 Å². The molecule has 1 heterocycles. The van der Waals surface area contributed by atoms with Gasteiger partial charge in [0.15, 0.2) is 5.13 Å². The monoisotopic (exact) mass is 380 g/mol. The van der Waals surface area contributed by atoms with Gasteiger partial charge in [0.25, 0.3) is 10.0 Å². The SMILES string of the molecule is COc1ccc(-c2csc(NS(=O)(=O)c3ccc(Cl)cc3)n2)cc1. The van der Waals surface area contributed by atoms with Crippen molar-refractivity contribution >= 4 is 38.1 Å². The van der Waals surface area contributed by atoms with E-state index in [1.165, 1.54) is 35.6 Å². The van der Waals surface area contributed by atoms with Crippen molar-refractivity contribution in [2.75, 3.05) is 11.8 Å². The summed E-state index contributed by atoms with van der Waals surface area (Å²) in [5.41, 5.74) is 1.57. The molecule has 0 aliphatic rings. The Morgan fingerprint density at radius 2 is 1.75 bits per heavy atom. The number of ether oxygens (including phenoxy) is 1. The van der Waals surface area contributed by atoms with Crippen LogP contribution in [0.3, 0.4) is 0 Å². The Morgan fingerprint density at radius 3 is 2.38 bits per heavy atom. The molecule has 0 aliphatic carbocycles. The lowest BCUT2D eigenvalue weighted by Crippen LogP contribution is -2.12. The third-order valence-corrected chi connectivity index (χ3v) is 5.73. The Balaban J connectivity index is 1.81. The fourth-order valence-electron chi connectivity index (χ4n) is 2.00. The van der Waals surface area contributed by atoms with E-state index in [1.54, 1.807) is 12.5 Å². The van der Waals surface area contributed by atoms with Gasteiger partial charge in [0.05, 0.1) is 17.7 Å². The predicted molar refractivity (Wildman–Crippen MR) is 96.4 cm³/mol. The van der Waals surface area contributed by atoms with Crippen molar-refractivity contribution < 1.29 is 13.2 Å². The molecule has 0 radical (unpaired) electrons. The van der Waals surface area contributed by atoms with Crippen LogP contribution in [0.2, 0.25) is 5.02 Å². The zero-order chi connectivity index (χ0) is 17.2. The zero-order valence-corrected chi connectivity index (χ0v) is 15.0. The topological polar surface area (TPSA) is 68.3 Å². The van der Waals surface area contributed by atoms with Crippen molar-refractivity contribution in [3.05, 3.63) is 58.9 Å². The number of nitrogens with zero attached hydrogens (tertiary/aromatic N) is 1. The summed E-state index contributed by atoms with van der Waals surface area (Å²) >= 11 is 7.00. The van der Waals surface area contributed by atoms with E-state index in [2.05, 4.69) is 9.71 Å². The van der Waals surface area contributed by atoms with Crippen LogP contribution >= 0.6 is 22.9 Å². The molecule has 24 heavy (non-hydrogen) atoms. The van der Waals surface area contributed by atoms with Crippen LogP contribution < -0.4 is 9.46 Å². The van der Waals surface area contributed by atoms with Crippen LogP contribution in [0.5, 0.6) is 5.75 Å². The molecule has 0 saturated carbocycles. The van der Waals surface area contributed by atoms with Crippen LogP contribution in [0.15, 0.2) is 58.8 Å². The second kappa shape index (κ2) is 6.80. The first-order chi connectivity index (χ1) is 11.5. The fraction of sp³-hybridized carbons (Fsp3) is 0.0625. The van der Waals surface area contributed by atoms with Crippen molar-refractivity contribution in [1.82, 2.24) is 4.98 Å². The number of anilines is 1. The first-order valence-corrected chi connectivity index (χ1v) is 9.60. The minimum atomic E-state index is -3.69. The number of halogens is 1. The molecule has 0 atom stereocenters. The maximum absolute atomic E-state index is 12.3. The van der Waals surface area contributed by atoms with E-state index in [-0.39, 0.29) is 4.90 Å². The first-order valence-electron chi connectivity index (χ1n) is 6.86. The second-order valence-electron chi connectivity index (χ2n) is 4.83. The zero-order valence-electron chi connectivity index (χ0n) is 12.6. The maximum Gasteiger partial charge on any atom is 0.263 e. The van der Waals surface area contributed by atoms with E-state index in [0.717, 1.165) is 11.3 Å². The molecular formula is C16H13ClN2O3S2. The average Bonchev–Trinajstić information content (AvgIpc) is 3.03. The summed E-state index contributed by atoms with van der Waals surface area (Å²) in [6.45, 7) is 0. The van der Waals surface area contributed by atoms with Crippen LogP contribution in [0.1, 0.15) is 0 Å². The summed E-state index contributed by atoms with van der Waals surface area (Å²) in [7, 11) is -2.09. The number of rotatable bonds is 5. The highest BCUT2D eigenvalue weighted by Gasteiger charge is 2.16. The van der Waals surface area contributed by atoms with E-state index in [0.29, 0.717) is 15.8 Å². The molecule has 0 fully saturated rings. The van der Waals surface area contributed by atoms with E-state index in [4.69, 9.17) is 16.3 Å². The number of nitrogens with one attached hydrogen (secondary N) is 1. The number of aromatic nitrogens is 1. The number of benzene rings is 2. The van der Waals surface area contributed by atoms with Gasteiger partial charge in [-0.05, 0) is 48.5 Å². The van der Waals surface area contributed by atoms with Gasteiger partial charge >= 0.3 is 0 Å². The quantitative estimate of drug-likeness (QED) is 0.717. The van der Waals surface area contributed by atoms with Crippen LogP contribution in [0, 0.1) is 0 Å². The van der Waals surface area contributed by atoms with E-state index >= 15 is 0 Å². The highest BCUT2D eigenvalue weighted by atomic mass is 35.5. The molecule has 2 aromatic carbocycles. The molecule has 1 N–H and O–H groups in total. The minimum absolute atomic E-state index is 0.132. The molecule has 0 saturated heterocycles. The van der Waals surface area contributed by atoms with Crippen LogP contribution in [0.4, 0.5) is 5.13 Å². The van der Waals surface area contributed by atoms with Crippen molar-refractivity contribution in [2.24, 2.45) is 0 Å². The van der Waals surface area contributed by atoms with Crippen molar-refractivity contribution in [3.63, 3.8) is 0 Å². The fourth-order valence-corrected chi connectivity index (χ4v) is 4.10. The number of methoxy groups -OCH3 is 1. The Hall–Kier alpha value is -2.09. The van der Waals surface area contributed by atoms with Crippen molar-refractivity contribution in [1.29, 1.82) is 0 Å². The lowest BCUT2D eigenvalue weighted by atomic mass is 10.2. The Labute approximate surface area is 148 Å². The van der Waals surface area contributed by atoms with Gasteiger partial charge in [-0.15, -0.1) is 11.3 Å². The molecular weight excluding hydrogens is 368 g/mol. The maximum atomic E-state index is 12.3. The average molecular weight is 381 g/mol. The highest BCUT2D eigenvalue weighted by Crippen LogP contribution is 2.28. The number of thiazole rings is 1. The normalized spacial score (nSPS) is 11.2.